The molecule has 1 atom stereocenters. The number of hydrogen-bond donors (Lipinski definition) is 1. The average Bonchev–Trinajstić information content (AvgIpc) is 3.52. The number of rotatable bonds is 9. The van der Waals surface area contributed by atoms with E-state index in [1.807, 2.05) is 69.4 Å². The Morgan fingerprint density at radius 3 is 2.50 bits per heavy atom. The first-order valence-corrected chi connectivity index (χ1v) is 15.7. The molecule has 3 aliphatic carbocycles. The van der Waals surface area contributed by atoms with Gasteiger partial charge in [0.25, 0.3) is 0 Å². The smallest absolute Gasteiger partial charge is 0.189 e. The monoisotopic (exact) mass is 621 g/mol. The van der Waals surface area contributed by atoms with E-state index in [1.165, 1.54) is 31.7 Å². The average molecular weight is 622 g/mol. The van der Waals surface area contributed by atoms with Crippen LogP contribution < -0.4 is 5.32 Å². The topological polar surface area (TPSA) is 46.2 Å². The fourth-order valence-electron chi connectivity index (χ4n) is 5.82. The summed E-state index contributed by atoms with van der Waals surface area (Å²) in [5.74, 6) is 2.76. The van der Waals surface area contributed by atoms with Gasteiger partial charge in [-0.2, -0.15) is 0 Å². The van der Waals surface area contributed by atoms with Crippen LogP contribution in [0.1, 0.15) is 82.4 Å². The number of nitrogens with one attached hydrogen (secondary N) is 1. The van der Waals surface area contributed by atoms with E-state index in [0.29, 0.717) is 28.3 Å². The number of terminal acetylenes is 1. The van der Waals surface area contributed by atoms with Crippen molar-refractivity contribution in [3.63, 3.8) is 0 Å². The zero-order valence-electron chi connectivity index (χ0n) is 26.7. The summed E-state index contributed by atoms with van der Waals surface area (Å²) in [5, 5.41) is 3.42. The van der Waals surface area contributed by atoms with E-state index in [4.69, 9.17) is 6.42 Å². The SMILES string of the molecule is C.C#Cc1cc(C(=O)C2=CC=C3C(c4c(F)cccc4C=C)=CC=CC23)ccc1C.C=CC1CCC(NC/C=C/C=O)CC1.CC.[HH].[HH]. The summed E-state index contributed by atoms with van der Waals surface area (Å²) in [4.78, 5) is 23.2. The van der Waals surface area contributed by atoms with Gasteiger partial charge in [0, 0.05) is 43.6 Å². The zero-order chi connectivity index (χ0) is 32.8. The van der Waals surface area contributed by atoms with Crippen LogP contribution in [0, 0.1) is 36.9 Å². The number of benzene rings is 2. The van der Waals surface area contributed by atoms with Gasteiger partial charge in [-0.25, -0.2) is 4.39 Å². The molecule has 5 rings (SSSR count). The van der Waals surface area contributed by atoms with Crippen molar-refractivity contribution in [2.75, 3.05) is 6.54 Å². The van der Waals surface area contributed by atoms with Crippen LogP contribution in [0.2, 0.25) is 0 Å². The molecule has 0 radical (unpaired) electrons. The molecule has 3 nitrogen and oxygen atoms in total. The molecule has 2 aromatic rings. The van der Waals surface area contributed by atoms with Gasteiger partial charge in [0.05, 0.1) is 0 Å². The Balaban J connectivity index is 0.000000995. The Morgan fingerprint density at radius 1 is 1.11 bits per heavy atom. The van der Waals surface area contributed by atoms with Gasteiger partial charge in [0.1, 0.15) is 12.1 Å². The molecule has 0 spiro atoms. The molecule has 1 unspecified atom stereocenters. The van der Waals surface area contributed by atoms with Gasteiger partial charge in [0.15, 0.2) is 5.78 Å². The minimum atomic E-state index is -0.305. The summed E-state index contributed by atoms with van der Waals surface area (Å²) >= 11 is 0. The van der Waals surface area contributed by atoms with Gasteiger partial charge < -0.3 is 5.32 Å². The molecule has 4 heteroatoms. The lowest BCUT2D eigenvalue weighted by Crippen LogP contribution is -2.32. The highest BCUT2D eigenvalue weighted by atomic mass is 19.1. The van der Waals surface area contributed by atoms with Crippen molar-refractivity contribution in [2.45, 2.75) is 59.9 Å². The molecule has 0 aliphatic heterocycles. The first-order chi connectivity index (χ1) is 21.9. The molecule has 0 aromatic heterocycles. The molecule has 0 bridgehead atoms. The zero-order valence-corrected chi connectivity index (χ0v) is 26.7. The molecule has 1 fully saturated rings. The lowest BCUT2D eigenvalue weighted by Gasteiger charge is -2.26. The van der Waals surface area contributed by atoms with Crippen molar-refractivity contribution in [1.82, 2.24) is 5.32 Å². The molecular weight excluding hydrogens is 569 g/mol. The van der Waals surface area contributed by atoms with Crippen LogP contribution in [0.5, 0.6) is 0 Å². The Bertz CT molecular complexity index is 1600. The van der Waals surface area contributed by atoms with Crippen LogP contribution in [0.3, 0.4) is 0 Å². The van der Waals surface area contributed by atoms with E-state index in [1.54, 1.807) is 30.4 Å². The largest absolute Gasteiger partial charge is 0.311 e. The van der Waals surface area contributed by atoms with E-state index in [0.717, 1.165) is 41.0 Å². The second kappa shape index (κ2) is 19.0. The van der Waals surface area contributed by atoms with E-state index in [9.17, 15) is 14.0 Å². The number of Topliss-reactive ketones (excluding diaryl/α,β-unsaturated/α-hetero) is 1. The van der Waals surface area contributed by atoms with Gasteiger partial charge in [-0.1, -0.05) is 107 Å². The van der Waals surface area contributed by atoms with Crippen LogP contribution in [-0.2, 0) is 4.79 Å². The molecule has 1 saturated carbocycles. The first kappa shape index (κ1) is 37.6. The predicted octanol–water partition coefficient (Wildman–Crippen LogP) is 10.3. The highest BCUT2D eigenvalue weighted by molar-refractivity contribution is 6.11. The second-order valence-corrected chi connectivity index (χ2v) is 10.9. The van der Waals surface area contributed by atoms with Gasteiger partial charge >= 0.3 is 0 Å². The lowest BCUT2D eigenvalue weighted by atomic mass is 9.80. The fourth-order valence-corrected chi connectivity index (χ4v) is 5.82. The molecule has 3 aliphatic rings. The molecule has 46 heavy (non-hydrogen) atoms. The maximum absolute atomic E-state index is 14.7. The normalized spacial score (nSPS) is 19.3. The minimum absolute atomic E-state index is 0. The standard InChI is InChI=1S/C27H19FO.C12H19NO.C2H6.CH4.2H2/c1-4-18-8-6-11-25(28)26(18)23-10-7-9-21-22(23)14-15-24(21)27(29)20-13-12-17(3)19(5-2)16-20;1-2-11-5-7-12(8-6-11)13-9-3-4-10-14;1-2;;;/h2,4,6-16,21H,1H2,3H3;2-4,10-13H,1,5-9H2;1-2H3;1H4;2*1H/b;4-3+;;;;. The summed E-state index contributed by atoms with van der Waals surface area (Å²) in [6, 6.07) is 11.0. The summed E-state index contributed by atoms with van der Waals surface area (Å²) in [6.07, 6.45) is 27.9. The molecule has 244 valence electrons. The lowest BCUT2D eigenvalue weighted by molar-refractivity contribution is -0.104. The summed E-state index contributed by atoms with van der Waals surface area (Å²) < 4.78 is 14.7. The van der Waals surface area contributed by atoms with E-state index >= 15 is 0 Å². The van der Waals surface area contributed by atoms with Crippen molar-refractivity contribution in [3.05, 3.63) is 143 Å². The third-order valence-electron chi connectivity index (χ3n) is 8.29. The molecule has 2 aromatic carbocycles. The maximum atomic E-state index is 14.7. The first-order valence-electron chi connectivity index (χ1n) is 15.7. The number of hydrogen-bond acceptors (Lipinski definition) is 3. The third kappa shape index (κ3) is 9.22. The molecule has 0 saturated heterocycles. The third-order valence-corrected chi connectivity index (χ3v) is 8.29. The van der Waals surface area contributed by atoms with Crippen LogP contribution in [-0.4, -0.2) is 24.7 Å². The Morgan fingerprint density at radius 2 is 1.85 bits per heavy atom. The quantitative estimate of drug-likeness (QED) is 0.0996. The molecule has 1 N–H and O–H groups in total. The van der Waals surface area contributed by atoms with E-state index in [2.05, 4.69) is 30.5 Å². The highest BCUT2D eigenvalue weighted by Crippen LogP contribution is 2.43. The van der Waals surface area contributed by atoms with Crippen molar-refractivity contribution < 1.29 is 16.8 Å². The van der Waals surface area contributed by atoms with Crippen molar-refractivity contribution in [3.8, 4) is 12.3 Å². The number of aldehydes is 1. The van der Waals surface area contributed by atoms with Gasteiger partial charge in [-0.15, -0.1) is 13.0 Å². The number of ketones is 1. The number of aryl methyl sites for hydroxylation is 1. The number of carbonyl (C=O) groups excluding carboxylic acids is 2. The summed E-state index contributed by atoms with van der Waals surface area (Å²) in [7, 11) is 0. The van der Waals surface area contributed by atoms with Gasteiger partial charge in [-0.3, -0.25) is 9.59 Å². The summed E-state index contributed by atoms with van der Waals surface area (Å²) in [5.41, 5.74) is 5.81. The highest BCUT2D eigenvalue weighted by Gasteiger charge is 2.31. The molecular formula is C42H52FNO2. The Kier molecular flexibility index (Phi) is 15.6. The number of halogens is 1. The molecule has 0 amide bonds. The number of fused-ring (bicyclic) bond motifs is 1. The number of carbonyl (C=O) groups is 2. The van der Waals surface area contributed by atoms with Crippen LogP contribution in [0.25, 0.3) is 11.6 Å². The maximum Gasteiger partial charge on any atom is 0.189 e. The van der Waals surface area contributed by atoms with Crippen molar-refractivity contribution in [2.24, 2.45) is 11.8 Å². The minimum Gasteiger partial charge on any atom is -0.311 e. The summed E-state index contributed by atoms with van der Waals surface area (Å²) in [6.45, 7) is 14.4. The van der Waals surface area contributed by atoms with Gasteiger partial charge in [0.2, 0.25) is 0 Å². The van der Waals surface area contributed by atoms with Crippen molar-refractivity contribution in [1.29, 1.82) is 0 Å². The molecule has 0 heterocycles. The Hall–Kier alpha value is -4.59. The Labute approximate surface area is 279 Å². The predicted molar refractivity (Wildman–Crippen MR) is 198 cm³/mol. The van der Waals surface area contributed by atoms with Crippen molar-refractivity contribution >= 4 is 23.7 Å². The second-order valence-electron chi connectivity index (χ2n) is 10.9. The van der Waals surface area contributed by atoms with Gasteiger partial charge in [-0.05, 0) is 79.0 Å². The fraction of sp³-hybridized carbons (Fsp3) is 0.286. The van der Waals surface area contributed by atoms with E-state index in [-0.39, 0.29) is 27.8 Å². The van der Waals surface area contributed by atoms with Crippen LogP contribution in [0.4, 0.5) is 4.39 Å². The number of allylic oxidation sites excluding steroid dienone is 10. The van der Waals surface area contributed by atoms with E-state index < -0.39 is 0 Å². The van der Waals surface area contributed by atoms with Crippen LogP contribution >= 0.6 is 0 Å². The van der Waals surface area contributed by atoms with Crippen LogP contribution in [0.15, 0.2) is 109 Å².